The predicted molar refractivity (Wildman–Crippen MR) is 204 cm³/mol. The van der Waals surface area contributed by atoms with E-state index in [2.05, 4.69) is 22.3 Å². The van der Waals surface area contributed by atoms with Gasteiger partial charge in [-0.1, -0.05) is 47.5 Å². The molecule has 0 spiro atoms. The van der Waals surface area contributed by atoms with Gasteiger partial charge in [-0.3, -0.25) is 14.4 Å². The van der Waals surface area contributed by atoms with Gasteiger partial charge in [-0.15, -0.1) is 12.4 Å². The van der Waals surface area contributed by atoms with Gasteiger partial charge in [0.2, 0.25) is 17.7 Å². The first-order valence-electron chi connectivity index (χ1n) is 16.6. The molecule has 12 heteroatoms. The number of ether oxygens (including phenoxy) is 1. The highest BCUT2D eigenvalue weighted by Crippen LogP contribution is 2.37. The van der Waals surface area contributed by atoms with Crippen LogP contribution in [0.2, 0.25) is 10.0 Å². The summed E-state index contributed by atoms with van der Waals surface area (Å²) in [5, 5.41) is 4.36. The number of carbonyl (C=O) groups excluding carboxylic acids is 3. The monoisotopic (exact) mass is 735 g/mol. The Morgan fingerprint density at radius 3 is 2.48 bits per heavy atom. The maximum atomic E-state index is 13.1. The minimum atomic E-state index is -0.417. The number of para-hydroxylation sites is 1. The number of halogens is 3. The number of nitrogens with one attached hydrogen (secondary N) is 1. The van der Waals surface area contributed by atoms with E-state index in [1.807, 2.05) is 43.3 Å². The normalized spacial score (nSPS) is 14.6. The van der Waals surface area contributed by atoms with Crippen LogP contribution in [-0.2, 0) is 21.0 Å². The van der Waals surface area contributed by atoms with Crippen molar-refractivity contribution in [3.8, 4) is 5.75 Å². The number of aromatic nitrogens is 1. The largest absolute Gasteiger partial charge is 0.487 e. The van der Waals surface area contributed by atoms with Crippen LogP contribution in [0.3, 0.4) is 0 Å². The number of benzene rings is 3. The number of likely N-dealkylation sites (N-methyl/N-ethyl adjacent to an activating group) is 1. The molecule has 9 nitrogen and oxygen atoms in total. The number of hydrogen-bond donors (Lipinski definition) is 1. The van der Waals surface area contributed by atoms with Crippen LogP contribution in [0.5, 0.6) is 5.75 Å². The van der Waals surface area contributed by atoms with Gasteiger partial charge in [-0.25, -0.2) is 4.98 Å². The van der Waals surface area contributed by atoms with Gasteiger partial charge in [0, 0.05) is 72.2 Å². The van der Waals surface area contributed by atoms with Crippen molar-refractivity contribution in [1.82, 2.24) is 10.3 Å². The van der Waals surface area contributed by atoms with Crippen molar-refractivity contribution >= 4 is 87.4 Å². The molecule has 3 heterocycles. The topological polar surface area (TPSA) is 95.1 Å². The maximum absolute atomic E-state index is 13.1. The van der Waals surface area contributed by atoms with Gasteiger partial charge < -0.3 is 24.8 Å². The standard InChI is InChI=1S/C38H39Cl2N5O4.ClH/c1-25-22-32(44-19-4-3-5-20-44)28-8-6-9-33(38(28)42-25)49-24-29-30(39)16-17-31(37(29)40)43(2)36(48)23-41-34(46)18-13-26-11-14-27(15-12-26)45-21-7-10-35(45)47;/h6,8-9,11-18,22H,3-5,7,10,19-21,23-24H2,1-2H3,(H,41,46);1H/b18-13+;. The maximum Gasteiger partial charge on any atom is 0.246 e. The fourth-order valence-corrected chi connectivity index (χ4v) is 6.91. The Hall–Kier alpha value is -4.31. The first-order valence-corrected chi connectivity index (χ1v) is 17.3. The number of aryl methyl sites for hydroxylation is 1. The van der Waals surface area contributed by atoms with Crippen molar-refractivity contribution in [2.24, 2.45) is 0 Å². The van der Waals surface area contributed by atoms with Crippen molar-refractivity contribution in [2.75, 3.05) is 47.9 Å². The van der Waals surface area contributed by atoms with Crippen LogP contribution in [0.15, 0.2) is 66.7 Å². The van der Waals surface area contributed by atoms with E-state index in [-0.39, 0.29) is 42.4 Å². The van der Waals surface area contributed by atoms with E-state index >= 15 is 0 Å². The lowest BCUT2D eigenvalue weighted by Gasteiger charge is -2.30. The minimum Gasteiger partial charge on any atom is -0.487 e. The molecule has 2 saturated heterocycles. The molecule has 50 heavy (non-hydrogen) atoms. The highest BCUT2D eigenvalue weighted by Gasteiger charge is 2.22. The summed E-state index contributed by atoms with van der Waals surface area (Å²) in [4.78, 5) is 48.0. The zero-order chi connectivity index (χ0) is 34.5. The van der Waals surface area contributed by atoms with Crippen LogP contribution in [0.1, 0.15) is 48.9 Å². The summed E-state index contributed by atoms with van der Waals surface area (Å²) in [6.07, 6.45) is 8.05. The van der Waals surface area contributed by atoms with E-state index < -0.39 is 5.91 Å². The summed E-state index contributed by atoms with van der Waals surface area (Å²) in [5.41, 5.74) is 5.47. The first kappa shape index (κ1) is 37.0. The number of rotatable bonds is 10. The fourth-order valence-electron chi connectivity index (χ4n) is 6.30. The smallest absolute Gasteiger partial charge is 0.246 e. The number of carbonyl (C=O) groups is 3. The van der Waals surface area contributed by atoms with Crippen molar-refractivity contribution in [3.05, 3.63) is 93.6 Å². The lowest BCUT2D eigenvalue weighted by Crippen LogP contribution is -2.37. The zero-order valence-electron chi connectivity index (χ0n) is 28.1. The molecule has 1 aromatic heterocycles. The average Bonchev–Trinajstić information content (AvgIpc) is 3.55. The fraction of sp³-hybridized carbons (Fsp3) is 0.316. The molecule has 4 aromatic rings. The van der Waals surface area contributed by atoms with Gasteiger partial charge in [0.1, 0.15) is 17.9 Å². The van der Waals surface area contributed by atoms with E-state index in [0.717, 1.165) is 53.9 Å². The molecule has 2 aliphatic heterocycles. The molecule has 0 bridgehead atoms. The molecule has 262 valence electrons. The summed E-state index contributed by atoms with van der Waals surface area (Å²) >= 11 is 13.4. The van der Waals surface area contributed by atoms with E-state index in [0.29, 0.717) is 28.4 Å². The predicted octanol–water partition coefficient (Wildman–Crippen LogP) is 7.76. The lowest BCUT2D eigenvalue weighted by atomic mass is 10.1. The van der Waals surface area contributed by atoms with Gasteiger partial charge in [-0.2, -0.15) is 0 Å². The van der Waals surface area contributed by atoms with Gasteiger partial charge in [0.25, 0.3) is 0 Å². The Kier molecular flexibility index (Phi) is 12.3. The number of anilines is 3. The molecule has 3 aromatic carbocycles. The summed E-state index contributed by atoms with van der Waals surface area (Å²) in [6.45, 7) is 4.58. The second-order valence-corrected chi connectivity index (χ2v) is 13.2. The summed E-state index contributed by atoms with van der Waals surface area (Å²) < 4.78 is 6.30. The summed E-state index contributed by atoms with van der Waals surface area (Å²) in [6, 6.07) is 18.8. The quantitative estimate of drug-likeness (QED) is 0.167. The molecule has 0 atom stereocenters. The molecule has 3 amide bonds. The Labute approximate surface area is 308 Å². The second-order valence-electron chi connectivity index (χ2n) is 12.4. The number of fused-ring (bicyclic) bond motifs is 1. The van der Waals surface area contributed by atoms with Crippen LogP contribution < -0.4 is 24.8 Å². The van der Waals surface area contributed by atoms with Crippen LogP contribution in [0.4, 0.5) is 17.1 Å². The van der Waals surface area contributed by atoms with Crippen molar-refractivity contribution in [1.29, 1.82) is 0 Å². The molecule has 1 N–H and O–H groups in total. The van der Waals surface area contributed by atoms with Gasteiger partial charge in [0.05, 0.1) is 17.3 Å². The van der Waals surface area contributed by atoms with Crippen LogP contribution in [0, 0.1) is 6.92 Å². The number of pyridine rings is 1. The molecule has 6 rings (SSSR count). The van der Waals surface area contributed by atoms with E-state index in [1.165, 1.54) is 35.9 Å². The molecular weight excluding hydrogens is 697 g/mol. The third-order valence-corrected chi connectivity index (χ3v) is 9.77. The van der Waals surface area contributed by atoms with E-state index in [1.54, 1.807) is 30.2 Å². The van der Waals surface area contributed by atoms with Gasteiger partial charge in [0.15, 0.2) is 0 Å². The Bertz CT molecular complexity index is 1910. The highest BCUT2D eigenvalue weighted by molar-refractivity contribution is 6.38. The average molecular weight is 737 g/mol. The Balaban J connectivity index is 0.00000486. The van der Waals surface area contributed by atoms with Crippen LogP contribution in [-0.4, -0.2) is 55.9 Å². The Morgan fingerprint density at radius 2 is 1.76 bits per heavy atom. The third kappa shape index (κ3) is 8.34. The Morgan fingerprint density at radius 1 is 1.00 bits per heavy atom. The molecule has 2 aliphatic rings. The molecule has 2 fully saturated rings. The first-order chi connectivity index (χ1) is 23.7. The number of piperidine rings is 1. The summed E-state index contributed by atoms with van der Waals surface area (Å²) in [7, 11) is 1.59. The van der Waals surface area contributed by atoms with Gasteiger partial charge in [-0.05, 0) is 80.6 Å². The zero-order valence-corrected chi connectivity index (χ0v) is 30.4. The van der Waals surface area contributed by atoms with Gasteiger partial charge >= 0.3 is 0 Å². The highest BCUT2D eigenvalue weighted by atomic mass is 35.5. The second kappa shape index (κ2) is 16.6. The van der Waals surface area contributed by atoms with Crippen LogP contribution >= 0.6 is 35.6 Å². The van der Waals surface area contributed by atoms with Crippen molar-refractivity contribution in [2.45, 2.75) is 45.6 Å². The molecule has 0 unspecified atom stereocenters. The van der Waals surface area contributed by atoms with Crippen LogP contribution in [0.25, 0.3) is 17.0 Å². The molecular formula is C38H40Cl3N5O4. The third-order valence-electron chi connectivity index (χ3n) is 9.00. The van der Waals surface area contributed by atoms with E-state index in [9.17, 15) is 14.4 Å². The number of nitrogens with zero attached hydrogens (tertiary/aromatic N) is 4. The van der Waals surface area contributed by atoms with Crippen molar-refractivity contribution < 1.29 is 19.1 Å². The minimum absolute atomic E-state index is 0. The number of hydrogen-bond acceptors (Lipinski definition) is 6. The molecule has 0 aliphatic carbocycles. The molecule has 0 radical (unpaired) electrons. The summed E-state index contributed by atoms with van der Waals surface area (Å²) in [5.74, 6) is -0.0395. The van der Waals surface area contributed by atoms with Crippen molar-refractivity contribution in [3.63, 3.8) is 0 Å². The molecule has 0 saturated carbocycles. The lowest BCUT2D eigenvalue weighted by molar-refractivity contribution is -0.122. The number of amides is 3. The van der Waals surface area contributed by atoms with E-state index in [4.69, 9.17) is 32.9 Å². The SMILES string of the molecule is Cc1cc(N2CCCCC2)c2cccc(OCc3c(Cl)ccc(N(C)C(=O)CNC(=O)/C=C/c4ccc(N5CCCC5=O)cc4)c3Cl)c2n1.Cl.